The van der Waals surface area contributed by atoms with E-state index in [1.165, 1.54) is 12.5 Å². The van der Waals surface area contributed by atoms with Gasteiger partial charge in [-0.2, -0.15) is 5.26 Å². The smallest absolute Gasteiger partial charge is 0.393 e. The number of nitro groups is 1. The molecule has 0 spiro atoms. The van der Waals surface area contributed by atoms with Crippen LogP contribution in [-0.4, -0.2) is 63.9 Å². The van der Waals surface area contributed by atoms with E-state index in [-0.39, 0.29) is 23.4 Å². The first-order chi connectivity index (χ1) is 16.6. The molecule has 3 aromatic rings. The molecule has 15 nitrogen and oxygen atoms in total. The van der Waals surface area contributed by atoms with E-state index in [2.05, 4.69) is 19.9 Å². The molecule has 3 N–H and O–H groups in total. The van der Waals surface area contributed by atoms with Gasteiger partial charge in [0.1, 0.15) is 18.1 Å². The molecule has 2 aromatic heterocycles. The van der Waals surface area contributed by atoms with Crippen LogP contribution in [0.2, 0.25) is 0 Å². The lowest BCUT2D eigenvalue weighted by molar-refractivity contribution is -0.387. The van der Waals surface area contributed by atoms with Crippen LogP contribution in [0.5, 0.6) is 17.5 Å². The summed E-state index contributed by atoms with van der Waals surface area (Å²) >= 11 is -1.91. The molecule has 0 aliphatic heterocycles. The largest absolute Gasteiger partial charge is 0.609 e. The predicted octanol–water partition coefficient (Wildman–Crippen LogP) is 1.28. The molecular weight excluding hydrogens is 488 g/mol. The molecule has 3 rings (SSSR count). The number of aromatic carboxylic acids is 1. The summed E-state index contributed by atoms with van der Waals surface area (Å²) in [4.78, 5) is 48.0. The number of aromatic nitrogens is 4. The Morgan fingerprint density at radius 2 is 2.03 bits per heavy atom. The van der Waals surface area contributed by atoms with Crippen molar-refractivity contribution in [3.63, 3.8) is 0 Å². The number of aromatic amines is 1. The maximum absolute atomic E-state index is 12.0. The topological polar surface area (TPSA) is 238 Å². The van der Waals surface area contributed by atoms with Gasteiger partial charge in [-0.3, -0.25) is 10.1 Å². The maximum atomic E-state index is 12.0. The molecule has 1 aromatic carbocycles. The molecule has 0 saturated carbocycles. The first-order valence-corrected chi connectivity index (χ1v) is 10.9. The summed E-state index contributed by atoms with van der Waals surface area (Å²) in [6.07, 6.45) is 1.90. The number of nitriles is 1. The first kappa shape index (κ1) is 24.9. The molecule has 0 aliphatic carbocycles. The third-order valence-electron chi connectivity index (χ3n) is 4.27. The molecule has 0 bridgehead atoms. The Hall–Kier alpha value is -4.75. The second-order valence-electron chi connectivity index (χ2n) is 6.61. The Kier molecular flexibility index (Phi) is 7.43. The molecule has 0 radical (unpaired) electrons. The zero-order chi connectivity index (χ0) is 25.7. The van der Waals surface area contributed by atoms with E-state index in [9.17, 15) is 34.5 Å². The SMILES string of the molecule is C[S+]([O-])c1nc(Oc2ccc(C#N)c(C(=O)O)c2)c([N+](=O)[O-])c(OC(Cc2c[nH]cn2)C(=O)O)n1. The number of hydrogen-bond donors (Lipinski definition) is 3. The maximum Gasteiger partial charge on any atom is 0.393 e. The monoisotopic (exact) mass is 502 g/mol. The van der Waals surface area contributed by atoms with Crippen LogP contribution in [-0.2, 0) is 22.4 Å². The number of carbonyl (C=O) groups is 2. The fraction of sp³-hybridized carbons (Fsp3) is 0.158. The van der Waals surface area contributed by atoms with E-state index in [0.29, 0.717) is 0 Å². The van der Waals surface area contributed by atoms with Gasteiger partial charge >= 0.3 is 34.5 Å². The van der Waals surface area contributed by atoms with Gasteiger partial charge in [0.2, 0.25) is 6.10 Å². The fourth-order valence-corrected chi connectivity index (χ4v) is 3.14. The standard InChI is InChI=1S/C19H14N6O9S/c1-35(32)19-23-15(33-11-3-2-9(6-20)12(5-11)17(26)27)14(25(30)31)16(24-19)34-13(18(28)29)4-10-7-21-8-22-10/h2-3,5,7-8,13H,4H2,1H3,(H,21,22)(H,26,27)(H,28,29). The molecule has 0 fully saturated rings. The number of nitrogens with one attached hydrogen (secondary N) is 1. The highest BCUT2D eigenvalue weighted by Crippen LogP contribution is 2.38. The van der Waals surface area contributed by atoms with Crippen molar-refractivity contribution in [2.75, 3.05) is 6.26 Å². The van der Waals surface area contributed by atoms with Crippen LogP contribution in [0.1, 0.15) is 21.6 Å². The summed E-state index contributed by atoms with van der Waals surface area (Å²) in [7, 11) is 0. The van der Waals surface area contributed by atoms with Crippen LogP contribution < -0.4 is 9.47 Å². The van der Waals surface area contributed by atoms with Crippen LogP contribution in [0.3, 0.4) is 0 Å². The van der Waals surface area contributed by atoms with Gasteiger partial charge in [-0.15, -0.1) is 9.97 Å². The van der Waals surface area contributed by atoms with Crippen LogP contribution >= 0.6 is 0 Å². The van der Waals surface area contributed by atoms with Crippen LogP contribution in [0.25, 0.3) is 0 Å². The molecule has 2 heterocycles. The van der Waals surface area contributed by atoms with E-state index in [4.69, 9.17) is 14.7 Å². The summed E-state index contributed by atoms with van der Waals surface area (Å²) in [5.41, 5.74) is -1.34. The van der Waals surface area contributed by atoms with Crippen LogP contribution in [0.15, 0.2) is 35.9 Å². The van der Waals surface area contributed by atoms with Gasteiger partial charge in [0, 0.05) is 23.8 Å². The van der Waals surface area contributed by atoms with Gasteiger partial charge in [-0.25, -0.2) is 14.6 Å². The van der Waals surface area contributed by atoms with E-state index >= 15 is 0 Å². The molecular formula is C19H14N6O9S. The normalized spacial score (nSPS) is 12.3. The lowest BCUT2D eigenvalue weighted by atomic mass is 10.1. The van der Waals surface area contributed by atoms with Crippen molar-refractivity contribution >= 4 is 28.8 Å². The second-order valence-corrected chi connectivity index (χ2v) is 7.89. The van der Waals surface area contributed by atoms with Crippen molar-refractivity contribution in [3.05, 3.63) is 57.7 Å². The molecule has 2 atom stereocenters. The minimum atomic E-state index is -1.91. The Morgan fingerprint density at radius 1 is 1.31 bits per heavy atom. The van der Waals surface area contributed by atoms with Crippen molar-refractivity contribution in [2.45, 2.75) is 17.7 Å². The number of hydrogen-bond acceptors (Lipinski definition) is 11. The third kappa shape index (κ3) is 5.79. The van der Waals surface area contributed by atoms with Gasteiger partial charge in [0.15, 0.2) is 0 Å². The minimum absolute atomic E-state index is 0.191. The molecule has 35 heavy (non-hydrogen) atoms. The van der Waals surface area contributed by atoms with Crippen molar-refractivity contribution < 1.29 is 38.8 Å². The number of H-pyrrole nitrogens is 1. The number of carboxylic acid groups (broad SMARTS) is 2. The van der Waals surface area contributed by atoms with Crippen molar-refractivity contribution in [2.24, 2.45) is 0 Å². The summed E-state index contributed by atoms with van der Waals surface area (Å²) in [5, 5.41) is 39.2. The number of rotatable bonds is 10. The number of carboxylic acids is 2. The van der Waals surface area contributed by atoms with Crippen molar-refractivity contribution in [1.82, 2.24) is 19.9 Å². The molecule has 16 heteroatoms. The van der Waals surface area contributed by atoms with E-state index < -0.39 is 62.3 Å². The average Bonchev–Trinajstić information content (AvgIpc) is 3.31. The molecule has 0 amide bonds. The number of nitrogens with zero attached hydrogens (tertiary/aromatic N) is 5. The molecule has 180 valence electrons. The lowest BCUT2D eigenvalue weighted by Crippen LogP contribution is -2.30. The average molecular weight is 502 g/mol. The number of aliphatic carboxylic acids is 1. The minimum Gasteiger partial charge on any atom is -0.609 e. The van der Waals surface area contributed by atoms with E-state index in [1.54, 1.807) is 6.07 Å². The number of imidazole rings is 1. The van der Waals surface area contributed by atoms with Gasteiger partial charge < -0.3 is 29.2 Å². The molecule has 0 saturated heterocycles. The van der Waals surface area contributed by atoms with Gasteiger partial charge in [0.25, 0.3) is 0 Å². The highest BCUT2D eigenvalue weighted by Gasteiger charge is 2.34. The van der Waals surface area contributed by atoms with Crippen molar-refractivity contribution in [1.29, 1.82) is 5.26 Å². The van der Waals surface area contributed by atoms with Crippen molar-refractivity contribution in [3.8, 4) is 23.6 Å². The summed E-state index contributed by atoms with van der Waals surface area (Å²) in [6, 6.07) is 4.91. The third-order valence-corrected chi connectivity index (χ3v) is 4.97. The van der Waals surface area contributed by atoms with E-state index in [1.807, 2.05) is 0 Å². The zero-order valence-corrected chi connectivity index (χ0v) is 18.4. The fourth-order valence-electron chi connectivity index (χ4n) is 2.71. The first-order valence-electron chi connectivity index (χ1n) is 9.33. The Bertz CT molecular complexity index is 1320. The highest BCUT2D eigenvalue weighted by molar-refractivity contribution is 7.90. The van der Waals surface area contributed by atoms with E-state index in [0.717, 1.165) is 24.5 Å². The second kappa shape index (κ2) is 10.5. The number of benzene rings is 1. The van der Waals surface area contributed by atoms with Crippen LogP contribution in [0.4, 0.5) is 5.69 Å². The van der Waals surface area contributed by atoms with Gasteiger partial charge in [-0.05, 0) is 18.2 Å². The predicted molar refractivity (Wildman–Crippen MR) is 114 cm³/mol. The van der Waals surface area contributed by atoms with Crippen LogP contribution in [0, 0.1) is 21.4 Å². The summed E-state index contributed by atoms with van der Waals surface area (Å²) in [5.74, 6) is -4.81. The van der Waals surface area contributed by atoms with Gasteiger partial charge in [0.05, 0.1) is 28.1 Å². The van der Waals surface area contributed by atoms with Gasteiger partial charge in [-0.1, -0.05) is 0 Å². The highest BCUT2D eigenvalue weighted by atomic mass is 32.2. The summed E-state index contributed by atoms with van der Waals surface area (Å²) < 4.78 is 22.8. The Morgan fingerprint density at radius 3 is 2.57 bits per heavy atom. The quantitative estimate of drug-likeness (QED) is 0.153. The Labute approximate surface area is 198 Å². The lowest BCUT2D eigenvalue weighted by Gasteiger charge is -2.15. The zero-order valence-electron chi connectivity index (χ0n) is 17.6. The molecule has 2 unspecified atom stereocenters. The number of ether oxygens (including phenoxy) is 2. The molecule has 0 aliphatic rings. The Balaban J connectivity index is 2.09. The summed E-state index contributed by atoms with van der Waals surface area (Å²) in [6.45, 7) is 0.